The van der Waals surface area contributed by atoms with Crippen molar-refractivity contribution in [1.29, 1.82) is 0 Å². The molecule has 172 valence electrons. The van der Waals surface area contributed by atoms with E-state index >= 15 is 0 Å². The summed E-state index contributed by atoms with van der Waals surface area (Å²) in [6.07, 6.45) is 7.34. The van der Waals surface area contributed by atoms with Gasteiger partial charge in [0.1, 0.15) is 28.6 Å². The number of aliphatic hydroxyl groups is 1. The van der Waals surface area contributed by atoms with Crippen LogP contribution in [0.25, 0.3) is 40.0 Å². The summed E-state index contributed by atoms with van der Waals surface area (Å²) >= 11 is 0. The third kappa shape index (κ3) is 4.47. The minimum Gasteiger partial charge on any atom is -0.507 e. The molecule has 3 N–H and O–H groups in total. The van der Waals surface area contributed by atoms with Crippen molar-refractivity contribution in [3.63, 3.8) is 0 Å². The molecule has 0 radical (unpaired) electrons. The van der Waals surface area contributed by atoms with Crippen molar-refractivity contribution in [2.75, 3.05) is 13.7 Å². The van der Waals surface area contributed by atoms with Crippen LogP contribution in [-0.4, -0.2) is 29.0 Å². The molecule has 34 heavy (non-hydrogen) atoms. The van der Waals surface area contributed by atoms with E-state index in [-0.39, 0.29) is 18.1 Å². The second-order valence-electron chi connectivity index (χ2n) is 7.82. The zero-order chi connectivity index (χ0) is 24.2. The Morgan fingerprint density at radius 3 is 2.41 bits per heavy atom. The van der Waals surface area contributed by atoms with Crippen molar-refractivity contribution >= 4 is 28.7 Å². The molecule has 0 spiro atoms. The minimum absolute atomic E-state index is 0.0195. The van der Waals surface area contributed by atoms with Crippen LogP contribution >= 0.6 is 0 Å². The highest BCUT2D eigenvalue weighted by Crippen LogP contribution is 2.42. The maximum atomic E-state index is 10.8. The van der Waals surface area contributed by atoms with Crippen LogP contribution in [0, 0.1) is 0 Å². The summed E-state index contributed by atoms with van der Waals surface area (Å²) in [5.74, 6) is 1.06. The number of rotatable bonds is 7. The van der Waals surface area contributed by atoms with Crippen molar-refractivity contribution in [2.45, 2.75) is 6.92 Å². The molecule has 1 heterocycles. The van der Waals surface area contributed by atoms with E-state index in [0.717, 1.165) is 16.5 Å². The highest BCUT2D eigenvalue weighted by Gasteiger charge is 2.19. The molecule has 0 bridgehead atoms. The van der Waals surface area contributed by atoms with Crippen LogP contribution in [-0.2, 0) is 0 Å². The van der Waals surface area contributed by atoms with E-state index in [9.17, 15) is 10.2 Å². The third-order valence-corrected chi connectivity index (χ3v) is 5.57. The number of methoxy groups -OCH3 is 1. The lowest BCUT2D eigenvalue weighted by atomic mass is 9.94. The van der Waals surface area contributed by atoms with E-state index in [0.29, 0.717) is 39.4 Å². The topological polar surface area (TPSA) is 83.1 Å². The molecule has 0 unspecified atom stereocenters. The number of phenolic OH excluding ortho intramolecular Hbond substituents is 2. The maximum Gasteiger partial charge on any atom is 0.139 e. The van der Waals surface area contributed by atoms with E-state index in [1.807, 2.05) is 61.5 Å². The lowest BCUT2D eigenvalue weighted by Crippen LogP contribution is -1.93. The maximum absolute atomic E-state index is 10.8. The summed E-state index contributed by atoms with van der Waals surface area (Å²) in [5.41, 5.74) is 4.64. The molecular weight excluding hydrogens is 428 g/mol. The second kappa shape index (κ2) is 9.73. The summed E-state index contributed by atoms with van der Waals surface area (Å²) < 4.78 is 11.6. The average Bonchev–Trinajstić information content (AvgIpc) is 3.26. The Labute approximate surface area is 198 Å². The van der Waals surface area contributed by atoms with Crippen LogP contribution in [0.3, 0.4) is 0 Å². The van der Waals surface area contributed by atoms with Crippen LogP contribution in [0.15, 0.2) is 77.7 Å². The summed E-state index contributed by atoms with van der Waals surface area (Å²) in [5, 5.41) is 31.1. The van der Waals surface area contributed by atoms with Gasteiger partial charge in [0, 0.05) is 22.6 Å². The number of furan rings is 1. The van der Waals surface area contributed by atoms with Crippen molar-refractivity contribution in [3.8, 4) is 28.6 Å². The lowest BCUT2D eigenvalue weighted by molar-refractivity contribution is 0.343. The standard InChI is InChI=1S/C29H26O5/c1-4-6-19-8-10-25(31)22(14-19)18(2)23-16-24(28(33-3)17-26(23)32)29-15-21-13-20(7-5-12-30)9-11-27(21)34-29/h4-11,13-17,30-32H,2,12H2,1,3H3/b6-4+,7-5+. The number of hydrogen-bond donors (Lipinski definition) is 3. The molecule has 0 atom stereocenters. The molecule has 4 rings (SSSR count). The highest BCUT2D eigenvalue weighted by molar-refractivity contribution is 5.90. The van der Waals surface area contributed by atoms with Gasteiger partial charge in [0.05, 0.1) is 19.3 Å². The SMILES string of the molecule is C=C(c1cc(/C=C/C)ccc1O)c1cc(-c2cc3cc(/C=C/CO)ccc3o2)c(OC)cc1O. The molecule has 4 aromatic rings. The molecule has 0 aliphatic rings. The fourth-order valence-corrected chi connectivity index (χ4v) is 3.90. The van der Waals surface area contributed by atoms with Crippen LogP contribution < -0.4 is 4.74 Å². The number of ether oxygens (including phenoxy) is 1. The molecule has 5 heteroatoms. The molecule has 3 aromatic carbocycles. The van der Waals surface area contributed by atoms with Gasteiger partial charge in [0.2, 0.25) is 0 Å². The first-order chi connectivity index (χ1) is 16.4. The van der Waals surface area contributed by atoms with Gasteiger partial charge < -0.3 is 24.5 Å². The van der Waals surface area contributed by atoms with Gasteiger partial charge in [0.15, 0.2) is 0 Å². The summed E-state index contributed by atoms with van der Waals surface area (Å²) in [6, 6.07) is 16.2. The molecule has 0 amide bonds. The molecular formula is C29H26O5. The smallest absolute Gasteiger partial charge is 0.139 e. The second-order valence-corrected chi connectivity index (χ2v) is 7.82. The quantitative estimate of drug-likeness (QED) is 0.292. The Kier molecular flexibility index (Phi) is 6.57. The Morgan fingerprint density at radius 2 is 1.68 bits per heavy atom. The normalized spacial score (nSPS) is 11.6. The first kappa shape index (κ1) is 23.0. The van der Waals surface area contributed by atoms with E-state index < -0.39 is 0 Å². The summed E-state index contributed by atoms with van der Waals surface area (Å²) in [7, 11) is 1.53. The van der Waals surface area contributed by atoms with Crippen LogP contribution in [0.4, 0.5) is 0 Å². The average molecular weight is 455 g/mol. The zero-order valence-corrected chi connectivity index (χ0v) is 19.1. The number of aromatic hydroxyl groups is 2. The lowest BCUT2D eigenvalue weighted by Gasteiger charge is -2.15. The van der Waals surface area contributed by atoms with Gasteiger partial charge in [-0.3, -0.25) is 0 Å². The molecule has 0 aliphatic heterocycles. The number of hydrogen-bond acceptors (Lipinski definition) is 5. The summed E-state index contributed by atoms with van der Waals surface area (Å²) in [4.78, 5) is 0. The van der Waals surface area contributed by atoms with Crippen LogP contribution in [0.2, 0.25) is 0 Å². The molecule has 0 saturated heterocycles. The third-order valence-electron chi connectivity index (χ3n) is 5.57. The van der Waals surface area contributed by atoms with Crippen molar-refractivity contribution in [2.24, 2.45) is 0 Å². The number of allylic oxidation sites excluding steroid dienone is 1. The van der Waals surface area contributed by atoms with Gasteiger partial charge in [-0.2, -0.15) is 0 Å². The number of benzene rings is 3. The Morgan fingerprint density at radius 1 is 0.941 bits per heavy atom. The monoisotopic (exact) mass is 454 g/mol. The van der Waals surface area contributed by atoms with Gasteiger partial charge in [-0.1, -0.05) is 43.0 Å². The molecule has 0 fully saturated rings. The predicted octanol–water partition coefficient (Wildman–Crippen LogP) is 6.62. The fourth-order valence-electron chi connectivity index (χ4n) is 3.90. The van der Waals surface area contributed by atoms with Crippen molar-refractivity contribution in [1.82, 2.24) is 0 Å². The number of fused-ring (bicyclic) bond motifs is 1. The fraction of sp³-hybridized carbons (Fsp3) is 0.103. The molecule has 1 aromatic heterocycles. The largest absolute Gasteiger partial charge is 0.507 e. The Hall–Kier alpha value is -4.22. The van der Waals surface area contributed by atoms with Crippen LogP contribution in [0.5, 0.6) is 17.2 Å². The van der Waals surface area contributed by atoms with E-state index in [4.69, 9.17) is 14.3 Å². The van der Waals surface area contributed by atoms with E-state index in [1.165, 1.54) is 13.2 Å². The molecule has 5 nitrogen and oxygen atoms in total. The van der Waals surface area contributed by atoms with E-state index in [2.05, 4.69) is 6.58 Å². The van der Waals surface area contributed by atoms with Gasteiger partial charge in [-0.25, -0.2) is 0 Å². The van der Waals surface area contributed by atoms with Gasteiger partial charge in [-0.05, 0) is 60.0 Å². The summed E-state index contributed by atoms with van der Waals surface area (Å²) in [6.45, 7) is 6.04. The number of aliphatic hydroxyl groups excluding tert-OH is 1. The Bertz CT molecular complexity index is 1420. The van der Waals surface area contributed by atoms with Crippen LogP contribution in [0.1, 0.15) is 29.2 Å². The predicted molar refractivity (Wildman–Crippen MR) is 137 cm³/mol. The van der Waals surface area contributed by atoms with Gasteiger partial charge >= 0.3 is 0 Å². The number of phenols is 2. The van der Waals surface area contributed by atoms with Crippen molar-refractivity contribution < 1.29 is 24.5 Å². The zero-order valence-electron chi connectivity index (χ0n) is 19.1. The molecule has 0 saturated carbocycles. The first-order valence-corrected chi connectivity index (χ1v) is 10.8. The Balaban J connectivity index is 1.82. The van der Waals surface area contributed by atoms with Gasteiger partial charge in [0.25, 0.3) is 0 Å². The van der Waals surface area contributed by atoms with Gasteiger partial charge in [-0.15, -0.1) is 0 Å². The van der Waals surface area contributed by atoms with E-state index in [1.54, 1.807) is 18.2 Å². The first-order valence-electron chi connectivity index (χ1n) is 10.8. The molecule has 0 aliphatic carbocycles. The minimum atomic E-state index is -0.0285. The highest BCUT2D eigenvalue weighted by atomic mass is 16.5. The van der Waals surface area contributed by atoms with Crippen molar-refractivity contribution in [3.05, 3.63) is 95.6 Å².